The lowest BCUT2D eigenvalue weighted by molar-refractivity contribution is -0.115. The van der Waals surface area contributed by atoms with E-state index in [9.17, 15) is 4.79 Å². The van der Waals surface area contributed by atoms with Crippen molar-refractivity contribution in [2.75, 3.05) is 20.1 Å². The zero-order chi connectivity index (χ0) is 16.1. The highest BCUT2D eigenvalue weighted by molar-refractivity contribution is 6.19. The summed E-state index contributed by atoms with van der Waals surface area (Å²) in [7, 11) is 1.86. The number of nitrogens with one attached hydrogen (secondary N) is 2. The Morgan fingerprint density at radius 1 is 1.17 bits per heavy atom. The Labute approximate surface area is 135 Å². The van der Waals surface area contributed by atoms with Gasteiger partial charge in [-0.2, -0.15) is 0 Å². The lowest BCUT2D eigenvalue weighted by atomic mass is 9.94. The molecule has 0 spiro atoms. The Morgan fingerprint density at radius 2 is 2.00 bits per heavy atom. The van der Waals surface area contributed by atoms with Crippen molar-refractivity contribution in [2.24, 2.45) is 0 Å². The van der Waals surface area contributed by atoms with Gasteiger partial charge in [0.15, 0.2) is 0 Å². The van der Waals surface area contributed by atoms with Gasteiger partial charge in [0.05, 0.1) is 17.0 Å². The van der Waals surface area contributed by atoms with E-state index < -0.39 is 0 Å². The average Bonchev–Trinajstić information content (AvgIpc) is 2.61. The van der Waals surface area contributed by atoms with E-state index in [4.69, 9.17) is 4.98 Å². The number of aryl methyl sites for hydroxylation is 1. The molecule has 0 saturated carbocycles. The van der Waals surface area contributed by atoms with Gasteiger partial charge in [-0.3, -0.25) is 9.78 Å². The maximum atomic E-state index is 12.4. The molecular weight excluding hydrogens is 288 g/mol. The molecule has 23 heavy (non-hydrogen) atoms. The van der Waals surface area contributed by atoms with Crippen molar-refractivity contribution in [1.29, 1.82) is 0 Å². The molecule has 2 N–H and O–H groups in total. The standard InChI is InChI=1S/C18H20N4O/c1-19-11-12-21-18(23)15-4-2-3-14-5-6-16(22-17(14)15)13-7-9-20-10-8-13/h4-10,19H,2-3,11-12H2,1H3,(H,21,23). The van der Waals surface area contributed by atoms with Crippen LogP contribution in [-0.4, -0.2) is 36.0 Å². The van der Waals surface area contributed by atoms with Crippen LogP contribution in [0, 0.1) is 0 Å². The Kier molecular flexibility index (Phi) is 4.78. The summed E-state index contributed by atoms with van der Waals surface area (Å²) in [6.07, 6.45) is 7.28. The zero-order valence-electron chi connectivity index (χ0n) is 13.2. The summed E-state index contributed by atoms with van der Waals surface area (Å²) in [6.45, 7) is 1.35. The van der Waals surface area contributed by atoms with Crippen molar-refractivity contribution in [1.82, 2.24) is 20.6 Å². The lowest BCUT2D eigenvalue weighted by Gasteiger charge is -2.17. The van der Waals surface area contributed by atoms with Gasteiger partial charge in [-0.05, 0) is 43.7 Å². The topological polar surface area (TPSA) is 66.9 Å². The maximum Gasteiger partial charge on any atom is 0.253 e. The predicted octanol–water partition coefficient (Wildman–Crippen LogP) is 1.81. The first-order valence-corrected chi connectivity index (χ1v) is 7.83. The molecular formula is C18H20N4O. The fourth-order valence-electron chi connectivity index (χ4n) is 2.67. The number of fused-ring (bicyclic) bond motifs is 1. The molecule has 2 aromatic rings. The molecule has 0 fully saturated rings. The Hall–Kier alpha value is -2.53. The monoisotopic (exact) mass is 308 g/mol. The van der Waals surface area contributed by atoms with E-state index in [0.717, 1.165) is 41.9 Å². The van der Waals surface area contributed by atoms with E-state index >= 15 is 0 Å². The van der Waals surface area contributed by atoms with E-state index in [-0.39, 0.29) is 5.91 Å². The molecule has 0 unspecified atom stereocenters. The number of pyridine rings is 2. The molecule has 0 atom stereocenters. The molecule has 0 saturated heterocycles. The SMILES string of the molecule is CNCCNC(=O)C1=CCCc2ccc(-c3ccncc3)nc21. The van der Waals surface area contributed by atoms with Crippen LogP contribution >= 0.6 is 0 Å². The lowest BCUT2D eigenvalue weighted by Crippen LogP contribution is -2.31. The summed E-state index contributed by atoms with van der Waals surface area (Å²) in [4.78, 5) is 21.2. The zero-order valence-corrected chi connectivity index (χ0v) is 13.2. The van der Waals surface area contributed by atoms with Gasteiger partial charge in [0.25, 0.3) is 5.91 Å². The molecule has 3 rings (SSSR count). The summed E-state index contributed by atoms with van der Waals surface area (Å²) in [5.74, 6) is -0.0550. The number of hydrogen-bond donors (Lipinski definition) is 2. The van der Waals surface area contributed by atoms with Gasteiger partial charge in [-0.25, -0.2) is 4.98 Å². The fraction of sp³-hybridized carbons (Fsp3) is 0.278. The van der Waals surface area contributed by atoms with Crippen molar-refractivity contribution in [3.8, 4) is 11.3 Å². The van der Waals surface area contributed by atoms with Crippen molar-refractivity contribution < 1.29 is 4.79 Å². The number of carbonyl (C=O) groups is 1. The molecule has 5 heteroatoms. The highest BCUT2D eigenvalue weighted by Gasteiger charge is 2.20. The van der Waals surface area contributed by atoms with Gasteiger partial charge in [0, 0.05) is 31.0 Å². The molecule has 118 valence electrons. The normalized spacial score (nSPS) is 13.2. The Morgan fingerprint density at radius 3 is 2.78 bits per heavy atom. The molecule has 5 nitrogen and oxygen atoms in total. The van der Waals surface area contributed by atoms with Crippen LogP contribution in [0.25, 0.3) is 16.8 Å². The predicted molar refractivity (Wildman–Crippen MR) is 90.7 cm³/mol. The second-order valence-corrected chi connectivity index (χ2v) is 5.46. The first-order chi connectivity index (χ1) is 11.3. The van der Waals surface area contributed by atoms with Gasteiger partial charge in [-0.15, -0.1) is 0 Å². The smallest absolute Gasteiger partial charge is 0.253 e. The second kappa shape index (κ2) is 7.15. The number of hydrogen-bond acceptors (Lipinski definition) is 4. The highest BCUT2D eigenvalue weighted by atomic mass is 16.1. The molecule has 0 aromatic carbocycles. The summed E-state index contributed by atoms with van der Waals surface area (Å²) >= 11 is 0. The fourth-order valence-corrected chi connectivity index (χ4v) is 2.67. The van der Waals surface area contributed by atoms with Crippen LogP contribution in [0.4, 0.5) is 0 Å². The van der Waals surface area contributed by atoms with E-state index in [1.165, 1.54) is 0 Å². The maximum absolute atomic E-state index is 12.4. The highest BCUT2D eigenvalue weighted by Crippen LogP contribution is 2.28. The number of likely N-dealkylation sites (N-methyl/N-ethyl adjacent to an activating group) is 1. The van der Waals surface area contributed by atoms with E-state index in [2.05, 4.69) is 21.7 Å². The number of amides is 1. The van der Waals surface area contributed by atoms with E-state index in [0.29, 0.717) is 12.1 Å². The number of carbonyl (C=O) groups excluding carboxylic acids is 1. The first-order valence-electron chi connectivity index (χ1n) is 7.83. The van der Waals surface area contributed by atoms with Gasteiger partial charge < -0.3 is 10.6 Å². The molecule has 1 aliphatic carbocycles. The Bertz CT molecular complexity index is 725. The second-order valence-electron chi connectivity index (χ2n) is 5.46. The van der Waals surface area contributed by atoms with Crippen LogP contribution in [0.2, 0.25) is 0 Å². The summed E-state index contributed by atoms with van der Waals surface area (Å²) in [5.41, 5.74) is 4.47. The molecule has 2 aromatic heterocycles. The Balaban J connectivity index is 1.89. The number of rotatable bonds is 5. The third kappa shape index (κ3) is 3.46. The van der Waals surface area contributed by atoms with Crippen LogP contribution in [0.15, 0.2) is 42.7 Å². The molecule has 0 aliphatic heterocycles. The summed E-state index contributed by atoms with van der Waals surface area (Å²) < 4.78 is 0. The number of nitrogens with zero attached hydrogens (tertiary/aromatic N) is 2. The molecule has 0 bridgehead atoms. The van der Waals surface area contributed by atoms with Crippen molar-refractivity contribution in [3.05, 3.63) is 54.0 Å². The summed E-state index contributed by atoms with van der Waals surface area (Å²) in [6, 6.07) is 7.93. The van der Waals surface area contributed by atoms with Crippen molar-refractivity contribution in [3.63, 3.8) is 0 Å². The van der Waals surface area contributed by atoms with Gasteiger partial charge in [0.2, 0.25) is 0 Å². The average molecular weight is 308 g/mol. The van der Waals surface area contributed by atoms with Crippen LogP contribution < -0.4 is 10.6 Å². The minimum Gasteiger partial charge on any atom is -0.351 e. The third-order valence-electron chi connectivity index (χ3n) is 3.88. The van der Waals surface area contributed by atoms with Gasteiger partial charge in [-0.1, -0.05) is 12.1 Å². The first kappa shape index (κ1) is 15.4. The largest absolute Gasteiger partial charge is 0.351 e. The van der Waals surface area contributed by atoms with Crippen LogP contribution in [0.1, 0.15) is 17.7 Å². The van der Waals surface area contributed by atoms with E-state index in [1.807, 2.05) is 31.3 Å². The number of allylic oxidation sites excluding steroid dienone is 1. The van der Waals surface area contributed by atoms with Crippen molar-refractivity contribution >= 4 is 11.5 Å². The quantitative estimate of drug-likeness (QED) is 0.827. The van der Waals surface area contributed by atoms with Gasteiger partial charge >= 0.3 is 0 Å². The van der Waals surface area contributed by atoms with Crippen molar-refractivity contribution in [2.45, 2.75) is 12.8 Å². The third-order valence-corrected chi connectivity index (χ3v) is 3.88. The molecule has 1 aliphatic rings. The van der Waals surface area contributed by atoms with Gasteiger partial charge in [0.1, 0.15) is 0 Å². The molecule has 1 amide bonds. The molecule has 2 heterocycles. The van der Waals surface area contributed by atoms with Crippen LogP contribution in [-0.2, 0) is 11.2 Å². The number of aromatic nitrogens is 2. The molecule has 0 radical (unpaired) electrons. The summed E-state index contributed by atoms with van der Waals surface area (Å²) in [5, 5.41) is 5.95. The minimum absolute atomic E-state index is 0.0550. The van der Waals surface area contributed by atoms with Crippen LogP contribution in [0.5, 0.6) is 0 Å². The van der Waals surface area contributed by atoms with Crippen LogP contribution in [0.3, 0.4) is 0 Å². The minimum atomic E-state index is -0.0550. The van der Waals surface area contributed by atoms with E-state index in [1.54, 1.807) is 12.4 Å².